The van der Waals surface area contributed by atoms with Crippen molar-refractivity contribution in [2.45, 2.75) is 144 Å². The van der Waals surface area contributed by atoms with E-state index in [9.17, 15) is 14.0 Å². The van der Waals surface area contributed by atoms with Crippen LogP contribution in [0.15, 0.2) is 53.5 Å². The summed E-state index contributed by atoms with van der Waals surface area (Å²) in [6, 6.07) is 7.54. The number of carbonyl (C=O) groups excluding carboxylic acids is 2. The topological polar surface area (TPSA) is 102 Å². The summed E-state index contributed by atoms with van der Waals surface area (Å²) in [6.07, 6.45) is 9.47. The van der Waals surface area contributed by atoms with Gasteiger partial charge in [0, 0.05) is 53.3 Å². The fourth-order valence-electron chi connectivity index (χ4n) is 8.88. The van der Waals surface area contributed by atoms with Crippen molar-refractivity contribution < 1.29 is 23.1 Å². The maximum atomic E-state index is 15.8. The van der Waals surface area contributed by atoms with E-state index in [0.29, 0.717) is 54.3 Å². The number of carbonyl (C=O) groups is 1. The molecule has 310 valence electrons. The van der Waals surface area contributed by atoms with Crippen molar-refractivity contribution in [1.29, 1.82) is 0 Å². The lowest BCUT2D eigenvalue weighted by Crippen LogP contribution is -2.43. The molecule has 1 aliphatic carbocycles. The average molecular weight is 798 g/mol. The van der Waals surface area contributed by atoms with Crippen molar-refractivity contribution in [3.63, 3.8) is 0 Å². The summed E-state index contributed by atoms with van der Waals surface area (Å²) >= 11 is 6.70. The maximum absolute atomic E-state index is 15.8. The third kappa shape index (κ3) is 11.3. The lowest BCUT2D eigenvalue weighted by atomic mass is 9.61. The molecule has 10 heteroatoms. The molecule has 0 spiro atoms. The first-order valence-electron chi connectivity index (χ1n) is 20.5. The molecule has 1 aliphatic heterocycles. The summed E-state index contributed by atoms with van der Waals surface area (Å²) < 4.78 is 35.9. The summed E-state index contributed by atoms with van der Waals surface area (Å²) in [4.78, 5) is 25.3. The number of allylic oxidation sites excluding steroid dienone is 4. The van der Waals surface area contributed by atoms with Crippen molar-refractivity contribution in [3.05, 3.63) is 92.2 Å². The van der Waals surface area contributed by atoms with Crippen LogP contribution in [0.25, 0.3) is 0 Å². The van der Waals surface area contributed by atoms with E-state index >= 15 is 4.39 Å². The number of nitrogens with zero attached hydrogens (tertiary/aromatic N) is 2. The Hall–Kier alpha value is -3.65. The first-order valence-corrected chi connectivity index (χ1v) is 20.9. The van der Waals surface area contributed by atoms with Gasteiger partial charge in [-0.15, -0.1) is 0 Å². The molecule has 0 amide bonds. The summed E-state index contributed by atoms with van der Waals surface area (Å²) in [5, 5.41) is 1.61. The molecule has 4 rings (SSSR count). The standard InChI is InChI=1S/C40H55ClF2N4O2.C6H12O/c1-8-27-13-14-28(37(22-27)49-7)15-16-29(24-48)40(5)20-11-10-12-32(40)26(4)47-21-19-30-33(41)23-34(43)31(38(30)36(47)9-2)17-18-35(44)39(25(3)42)46(6)45;1-3-4-5-6(2)7/h13-14,22-23,25,32,36H,4,8-12,15-21,44-45H2,1-3,5-7H3;3-5H2,1-2H3/b39-35-;/t25?,32?,36?,40-;/m1./s1. The fraction of sp³-hybridized carbons (Fsp3) is 0.587. The molecule has 2 aromatic carbocycles. The van der Waals surface area contributed by atoms with E-state index in [0.717, 1.165) is 85.1 Å². The maximum Gasteiger partial charge on any atom is 0.140 e. The molecule has 1 saturated carbocycles. The Bertz CT molecular complexity index is 1740. The number of rotatable bonds is 17. The molecule has 56 heavy (non-hydrogen) atoms. The van der Waals surface area contributed by atoms with Gasteiger partial charge in [0.2, 0.25) is 0 Å². The summed E-state index contributed by atoms with van der Waals surface area (Å²) in [6.45, 7) is 16.9. The van der Waals surface area contributed by atoms with E-state index in [1.807, 2.05) is 0 Å². The van der Waals surface area contributed by atoms with Gasteiger partial charge in [-0.2, -0.15) is 0 Å². The second-order valence-electron chi connectivity index (χ2n) is 15.8. The zero-order valence-electron chi connectivity index (χ0n) is 35.3. The minimum Gasteiger partial charge on any atom is -0.496 e. The number of ketones is 1. The number of hydrazine groups is 1. The number of fused-ring (bicyclic) bond motifs is 1. The van der Waals surface area contributed by atoms with Gasteiger partial charge in [-0.1, -0.05) is 77.3 Å². The Kier molecular flexibility index (Phi) is 18.2. The Balaban J connectivity index is 0.00000109. The van der Waals surface area contributed by atoms with Crippen LogP contribution >= 0.6 is 11.6 Å². The third-order valence-electron chi connectivity index (χ3n) is 12.0. The van der Waals surface area contributed by atoms with Crippen LogP contribution in [-0.4, -0.2) is 48.5 Å². The van der Waals surface area contributed by atoms with Crippen LogP contribution < -0.4 is 16.3 Å². The van der Waals surface area contributed by atoms with Gasteiger partial charge < -0.3 is 25.2 Å². The summed E-state index contributed by atoms with van der Waals surface area (Å²) in [5.74, 6) is 9.05. The van der Waals surface area contributed by atoms with E-state index in [1.165, 1.54) is 23.6 Å². The molecular formula is C46H67ClF2N4O3. The number of Topliss-reactive ketones (excluding diaryl/α,β-unsaturated/α-hetero) is 1. The Morgan fingerprint density at radius 1 is 1.18 bits per heavy atom. The van der Waals surface area contributed by atoms with Crippen LogP contribution in [0.4, 0.5) is 8.78 Å². The molecular weight excluding hydrogens is 730 g/mol. The predicted octanol–water partition coefficient (Wildman–Crippen LogP) is 10.5. The molecule has 1 heterocycles. The highest BCUT2D eigenvalue weighted by Crippen LogP contribution is 2.52. The lowest BCUT2D eigenvalue weighted by molar-refractivity contribution is -0.117. The van der Waals surface area contributed by atoms with Crippen LogP contribution in [-0.2, 0) is 35.3 Å². The smallest absolute Gasteiger partial charge is 0.140 e. The zero-order chi connectivity index (χ0) is 41.7. The van der Waals surface area contributed by atoms with Crippen molar-refractivity contribution in [2.75, 3.05) is 20.7 Å². The molecule has 4 N–H and O–H groups in total. The van der Waals surface area contributed by atoms with Gasteiger partial charge in [0.25, 0.3) is 0 Å². The molecule has 0 saturated heterocycles. The number of aryl methyl sites for hydroxylation is 2. The minimum absolute atomic E-state index is 0.0254. The van der Waals surface area contributed by atoms with Gasteiger partial charge >= 0.3 is 0 Å². The fourth-order valence-corrected chi connectivity index (χ4v) is 9.17. The highest BCUT2D eigenvalue weighted by molar-refractivity contribution is 6.31. The van der Waals surface area contributed by atoms with Gasteiger partial charge in [0.1, 0.15) is 29.5 Å². The Morgan fingerprint density at radius 2 is 1.89 bits per heavy atom. The van der Waals surface area contributed by atoms with Gasteiger partial charge in [0.05, 0.1) is 18.8 Å². The number of methoxy groups -OCH3 is 1. The molecule has 0 bridgehead atoms. The number of ether oxygens (including phenoxy) is 1. The monoisotopic (exact) mass is 796 g/mol. The lowest BCUT2D eigenvalue weighted by Gasteiger charge is -2.49. The first kappa shape index (κ1) is 46.7. The quantitative estimate of drug-likeness (QED) is 0.0934. The molecule has 3 unspecified atom stereocenters. The van der Waals surface area contributed by atoms with Crippen LogP contribution in [0.3, 0.4) is 0 Å². The molecule has 2 aromatic rings. The van der Waals surface area contributed by atoms with Crippen molar-refractivity contribution >= 4 is 23.3 Å². The van der Waals surface area contributed by atoms with Gasteiger partial charge in [0.15, 0.2) is 0 Å². The molecule has 1 fully saturated rings. The molecule has 0 radical (unpaired) electrons. The third-order valence-corrected chi connectivity index (χ3v) is 12.3. The van der Waals surface area contributed by atoms with Gasteiger partial charge in [-0.05, 0) is 118 Å². The van der Waals surface area contributed by atoms with Crippen LogP contribution in [0.2, 0.25) is 5.02 Å². The molecule has 2 aliphatic rings. The van der Waals surface area contributed by atoms with Crippen LogP contribution in [0.5, 0.6) is 5.75 Å². The highest BCUT2D eigenvalue weighted by atomic mass is 35.5. The zero-order valence-corrected chi connectivity index (χ0v) is 36.0. The largest absolute Gasteiger partial charge is 0.496 e. The average Bonchev–Trinajstić information content (AvgIpc) is 3.16. The molecule has 4 atom stereocenters. The number of alkyl halides is 1. The van der Waals surface area contributed by atoms with E-state index < -0.39 is 17.4 Å². The van der Waals surface area contributed by atoms with E-state index in [-0.39, 0.29) is 30.5 Å². The number of hydrogen-bond acceptors (Lipinski definition) is 7. The van der Waals surface area contributed by atoms with Gasteiger partial charge in [-0.25, -0.2) is 19.4 Å². The SMILES string of the molecule is C=C(C1CCCC[C@]1(C)C(=C=O)CCc1ccc(CC)cc1OC)N1CCc2c(Cl)cc(F)c(CC/C(N)=C(\C(C)F)N(C)N)c2C1CC.CCCCC(C)=O. The minimum atomic E-state index is -1.36. The predicted molar refractivity (Wildman–Crippen MR) is 226 cm³/mol. The molecule has 0 aromatic heterocycles. The molecule has 7 nitrogen and oxygen atoms in total. The number of hydrogen-bond donors (Lipinski definition) is 2. The second kappa shape index (κ2) is 21.8. The second-order valence-corrected chi connectivity index (χ2v) is 16.2. The Labute approximate surface area is 340 Å². The normalized spacial score (nSPS) is 20.1. The summed E-state index contributed by atoms with van der Waals surface area (Å²) in [5.41, 5.74) is 12.8. The van der Waals surface area contributed by atoms with Gasteiger partial charge in [-0.3, -0.25) is 0 Å². The van der Waals surface area contributed by atoms with Crippen molar-refractivity contribution in [3.8, 4) is 5.75 Å². The number of nitrogens with two attached hydrogens (primary N) is 2. The van der Waals surface area contributed by atoms with Crippen molar-refractivity contribution in [2.24, 2.45) is 22.9 Å². The van der Waals surface area contributed by atoms with E-state index in [2.05, 4.69) is 56.7 Å². The first-order chi connectivity index (χ1) is 26.6. The number of halogens is 3. The van der Waals surface area contributed by atoms with Crippen molar-refractivity contribution in [1.82, 2.24) is 9.91 Å². The van der Waals surface area contributed by atoms with Crippen LogP contribution in [0, 0.1) is 17.2 Å². The Morgan fingerprint density at radius 3 is 2.45 bits per heavy atom. The number of unbranched alkanes of at least 4 members (excludes halogenated alkanes) is 1. The van der Waals surface area contributed by atoms with E-state index in [4.69, 9.17) is 34.5 Å². The van der Waals surface area contributed by atoms with E-state index in [1.54, 1.807) is 21.1 Å². The van der Waals surface area contributed by atoms with Crippen LogP contribution in [0.1, 0.15) is 140 Å². The highest BCUT2D eigenvalue weighted by Gasteiger charge is 2.44. The summed E-state index contributed by atoms with van der Waals surface area (Å²) in [7, 11) is 3.24. The number of benzene rings is 2.